The zero-order chi connectivity index (χ0) is 26.5. The van der Waals surface area contributed by atoms with E-state index in [0.717, 1.165) is 16.3 Å². The molecule has 0 spiro atoms. The van der Waals surface area contributed by atoms with Crippen LogP contribution in [0.25, 0.3) is 10.8 Å². The van der Waals surface area contributed by atoms with Gasteiger partial charge in [-0.05, 0) is 60.9 Å². The molecule has 7 heteroatoms. The molecular weight excluding hydrogens is 456 g/mol. The third-order valence-electron chi connectivity index (χ3n) is 6.03. The summed E-state index contributed by atoms with van der Waals surface area (Å²) in [5.74, 6) is -2.71. The SMILES string of the molecule is CCC(C)(C)OC(=O)C(=O)CC(=O)N(Cc1ccc2ccccc2c1)c1cccc(C(=O)N(C)C)c1. The Kier molecular flexibility index (Phi) is 8.25. The summed E-state index contributed by atoms with van der Waals surface area (Å²) < 4.78 is 5.27. The van der Waals surface area contributed by atoms with Gasteiger partial charge in [-0.25, -0.2) is 4.79 Å². The van der Waals surface area contributed by atoms with Crippen molar-refractivity contribution < 1.29 is 23.9 Å². The number of carbonyl (C=O) groups excluding carboxylic acids is 4. The summed E-state index contributed by atoms with van der Waals surface area (Å²) >= 11 is 0. The Morgan fingerprint density at radius 3 is 2.22 bits per heavy atom. The van der Waals surface area contributed by atoms with Crippen LogP contribution in [-0.4, -0.2) is 48.2 Å². The minimum absolute atomic E-state index is 0.159. The number of amides is 2. The maximum atomic E-state index is 13.4. The van der Waals surface area contributed by atoms with Gasteiger partial charge in [0, 0.05) is 25.3 Å². The van der Waals surface area contributed by atoms with Gasteiger partial charge in [0.25, 0.3) is 5.91 Å². The summed E-state index contributed by atoms with van der Waals surface area (Å²) in [6.45, 7) is 5.42. The zero-order valence-corrected chi connectivity index (χ0v) is 21.4. The highest BCUT2D eigenvalue weighted by Crippen LogP contribution is 2.23. The van der Waals surface area contributed by atoms with Crippen LogP contribution in [0.3, 0.4) is 0 Å². The second-order valence-corrected chi connectivity index (χ2v) is 9.51. The van der Waals surface area contributed by atoms with E-state index in [1.165, 1.54) is 9.80 Å². The van der Waals surface area contributed by atoms with Crippen molar-refractivity contribution in [2.24, 2.45) is 0 Å². The number of nitrogens with zero attached hydrogens (tertiary/aromatic N) is 2. The molecule has 0 radical (unpaired) electrons. The molecule has 7 nitrogen and oxygen atoms in total. The highest BCUT2D eigenvalue weighted by Gasteiger charge is 2.29. The third kappa shape index (κ3) is 6.56. The van der Waals surface area contributed by atoms with E-state index in [9.17, 15) is 19.2 Å². The van der Waals surface area contributed by atoms with E-state index < -0.39 is 29.7 Å². The molecule has 0 aliphatic carbocycles. The first-order valence-electron chi connectivity index (χ1n) is 11.9. The van der Waals surface area contributed by atoms with E-state index in [1.54, 1.807) is 52.2 Å². The number of rotatable bonds is 9. The minimum atomic E-state index is -1.03. The Morgan fingerprint density at radius 2 is 1.56 bits per heavy atom. The summed E-state index contributed by atoms with van der Waals surface area (Å²) in [5, 5.41) is 2.08. The molecule has 0 fully saturated rings. The van der Waals surface area contributed by atoms with Crippen LogP contribution in [0.1, 0.15) is 49.5 Å². The summed E-state index contributed by atoms with van der Waals surface area (Å²) in [6.07, 6.45) is -0.112. The van der Waals surface area contributed by atoms with E-state index in [2.05, 4.69) is 0 Å². The molecule has 0 saturated carbocycles. The molecule has 3 aromatic rings. The van der Waals surface area contributed by atoms with Crippen LogP contribution in [0.5, 0.6) is 0 Å². The van der Waals surface area contributed by atoms with Gasteiger partial charge in [-0.15, -0.1) is 0 Å². The molecule has 0 unspecified atom stereocenters. The van der Waals surface area contributed by atoms with Crippen molar-refractivity contribution >= 4 is 40.0 Å². The van der Waals surface area contributed by atoms with E-state index >= 15 is 0 Å². The predicted molar refractivity (Wildman–Crippen MR) is 140 cm³/mol. The second kappa shape index (κ2) is 11.2. The predicted octanol–water partition coefficient (Wildman–Crippen LogP) is 4.77. The second-order valence-electron chi connectivity index (χ2n) is 9.51. The highest BCUT2D eigenvalue weighted by molar-refractivity contribution is 6.37. The minimum Gasteiger partial charge on any atom is -0.454 e. The number of anilines is 1. The van der Waals surface area contributed by atoms with E-state index in [1.807, 2.05) is 49.4 Å². The molecule has 0 saturated heterocycles. The fourth-order valence-electron chi connectivity index (χ4n) is 3.59. The van der Waals surface area contributed by atoms with Gasteiger partial charge in [0.15, 0.2) is 0 Å². The Hall–Kier alpha value is -4.00. The largest absolute Gasteiger partial charge is 0.454 e. The van der Waals surface area contributed by atoms with Crippen LogP contribution < -0.4 is 4.90 Å². The van der Waals surface area contributed by atoms with Gasteiger partial charge in [-0.1, -0.05) is 49.4 Å². The van der Waals surface area contributed by atoms with Crippen LogP contribution in [-0.2, 0) is 25.7 Å². The molecule has 0 N–H and O–H groups in total. The number of carbonyl (C=O) groups is 4. The Labute approximate surface area is 211 Å². The van der Waals surface area contributed by atoms with E-state index in [-0.39, 0.29) is 12.5 Å². The lowest BCUT2D eigenvalue weighted by atomic mass is 10.1. The van der Waals surface area contributed by atoms with Gasteiger partial charge in [-0.3, -0.25) is 14.4 Å². The number of fused-ring (bicyclic) bond motifs is 1. The van der Waals surface area contributed by atoms with E-state index in [4.69, 9.17) is 4.74 Å². The number of ether oxygens (including phenoxy) is 1. The highest BCUT2D eigenvalue weighted by atomic mass is 16.6. The Morgan fingerprint density at radius 1 is 0.861 bits per heavy atom. The zero-order valence-electron chi connectivity index (χ0n) is 21.4. The smallest absolute Gasteiger partial charge is 0.375 e. The number of benzene rings is 3. The van der Waals surface area contributed by atoms with Crippen molar-refractivity contribution in [2.75, 3.05) is 19.0 Å². The first-order valence-corrected chi connectivity index (χ1v) is 11.9. The maximum Gasteiger partial charge on any atom is 0.375 e. The molecule has 0 aliphatic rings. The average Bonchev–Trinajstić information content (AvgIpc) is 2.86. The molecule has 3 aromatic carbocycles. The van der Waals surface area contributed by atoms with Crippen molar-refractivity contribution in [2.45, 2.75) is 45.8 Å². The van der Waals surface area contributed by atoms with Crippen molar-refractivity contribution in [1.29, 1.82) is 0 Å². The van der Waals surface area contributed by atoms with Gasteiger partial charge in [-0.2, -0.15) is 0 Å². The van der Waals surface area contributed by atoms with Crippen molar-refractivity contribution in [1.82, 2.24) is 4.90 Å². The van der Waals surface area contributed by atoms with Gasteiger partial charge >= 0.3 is 5.97 Å². The van der Waals surface area contributed by atoms with E-state index in [0.29, 0.717) is 17.7 Å². The van der Waals surface area contributed by atoms with Crippen LogP contribution >= 0.6 is 0 Å². The summed E-state index contributed by atoms with van der Waals surface area (Å²) in [4.78, 5) is 53.7. The lowest BCUT2D eigenvalue weighted by molar-refractivity contribution is -0.164. The van der Waals surface area contributed by atoms with Crippen molar-refractivity contribution in [3.8, 4) is 0 Å². The molecule has 0 atom stereocenters. The number of hydrogen-bond acceptors (Lipinski definition) is 5. The van der Waals surface area contributed by atoms with Crippen LogP contribution in [0.4, 0.5) is 5.69 Å². The molecule has 3 rings (SSSR count). The van der Waals surface area contributed by atoms with Crippen LogP contribution in [0.15, 0.2) is 66.7 Å². The lowest BCUT2D eigenvalue weighted by Gasteiger charge is -2.25. The van der Waals surface area contributed by atoms with Crippen LogP contribution in [0.2, 0.25) is 0 Å². The first kappa shape index (κ1) is 26.6. The van der Waals surface area contributed by atoms with Gasteiger partial charge in [0.2, 0.25) is 11.7 Å². The Bertz CT molecular complexity index is 1300. The normalized spacial score (nSPS) is 11.1. The molecule has 188 valence electrons. The molecule has 0 aliphatic heterocycles. The van der Waals surface area contributed by atoms with Gasteiger partial charge in [0.05, 0.1) is 13.0 Å². The quantitative estimate of drug-likeness (QED) is 0.246. The topological polar surface area (TPSA) is 84.0 Å². The fraction of sp³-hybridized carbons (Fsp3) is 0.310. The average molecular weight is 489 g/mol. The molecule has 0 bridgehead atoms. The molecule has 2 amide bonds. The lowest BCUT2D eigenvalue weighted by Crippen LogP contribution is -2.36. The number of hydrogen-bond donors (Lipinski definition) is 0. The first-order chi connectivity index (χ1) is 17.0. The number of esters is 1. The molecule has 0 heterocycles. The molecule has 36 heavy (non-hydrogen) atoms. The molecular formula is C29H32N2O5. The van der Waals surface area contributed by atoms with Crippen molar-refractivity contribution in [3.63, 3.8) is 0 Å². The van der Waals surface area contributed by atoms with Crippen molar-refractivity contribution in [3.05, 3.63) is 77.9 Å². The number of ketones is 1. The molecule has 0 aromatic heterocycles. The Balaban J connectivity index is 1.92. The maximum absolute atomic E-state index is 13.4. The van der Waals surface area contributed by atoms with Crippen LogP contribution in [0, 0.1) is 0 Å². The number of Topliss-reactive ketones (excluding diaryl/α,β-unsaturated/α-hetero) is 1. The monoisotopic (exact) mass is 488 g/mol. The fourth-order valence-corrected chi connectivity index (χ4v) is 3.59. The van der Waals surface area contributed by atoms with Gasteiger partial charge in [0.1, 0.15) is 5.60 Å². The standard InChI is InChI=1S/C29H32N2O5/c1-6-29(2,3)36-28(35)25(32)18-26(33)31(24-13-9-12-23(17-24)27(34)30(4)5)19-20-14-15-21-10-7-8-11-22(21)16-20/h7-17H,6,18-19H2,1-5H3. The summed E-state index contributed by atoms with van der Waals surface area (Å²) in [6, 6.07) is 20.4. The third-order valence-corrected chi connectivity index (χ3v) is 6.03. The van der Waals surface area contributed by atoms with Gasteiger partial charge < -0.3 is 14.5 Å². The summed E-state index contributed by atoms with van der Waals surface area (Å²) in [7, 11) is 3.30. The summed E-state index contributed by atoms with van der Waals surface area (Å²) in [5.41, 5.74) is 0.898.